The summed E-state index contributed by atoms with van der Waals surface area (Å²) in [4.78, 5) is 12.1. The van der Waals surface area contributed by atoms with E-state index in [4.69, 9.17) is 21.1 Å². The zero-order chi connectivity index (χ0) is 22.9. The Bertz CT molecular complexity index is 1370. The lowest BCUT2D eigenvalue weighted by atomic mass is 10.2. The number of aromatic nitrogens is 3. The summed E-state index contributed by atoms with van der Waals surface area (Å²) in [6, 6.07) is 13.0. The molecule has 0 unspecified atom stereocenters. The molecule has 8 nitrogen and oxygen atoms in total. The van der Waals surface area contributed by atoms with Gasteiger partial charge in [0, 0.05) is 24.1 Å². The van der Waals surface area contributed by atoms with Crippen LogP contribution in [-0.2, 0) is 9.84 Å². The molecular formula is C22H20ClN3O5S. The minimum absolute atomic E-state index is 0.152. The van der Waals surface area contributed by atoms with Gasteiger partial charge in [-0.2, -0.15) is 0 Å². The summed E-state index contributed by atoms with van der Waals surface area (Å²) in [5.74, 6) is 1.90. The first-order valence-corrected chi connectivity index (χ1v) is 11.9. The van der Waals surface area contributed by atoms with Crippen molar-refractivity contribution in [3.8, 4) is 28.6 Å². The highest BCUT2D eigenvalue weighted by Crippen LogP contribution is 2.33. The third kappa shape index (κ3) is 5.01. The van der Waals surface area contributed by atoms with Gasteiger partial charge in [-0.05, 0) is 49.4 Å². The Balaban J connectivity index is 1.71. The smallest absolute Gasteiger partial charge is 0.175 e. The Kier molecular flexibility index (Phi) is 6.05. The Morgan fingerprint density at radius 2 is 1.81 bits per heavy atom. The van der Waals surface area contributed by atoms with E-state index in [1.54, 1.807) is 43.3 Å². The van der Waals surface area contributed by atoms with E-state index in [1.807, 2.05) is 0 Å². The van der Waals surface area contributed by atoms with E-state index in [-0.39, 0.29) is 11.5 Å². The summed E-state index contributed by atoms with van der Waals surface area (Å²) in [6.45, 7) is 1.59. The molecule has 2 heterocycles. The average molecular weight is 474 g/mol. The van der Waals surface area contributed by atoms with Gasteiger partial charge >= 0.3 is 0 Å². The van der Waals surface area contributed by atoms with Crippen LogP contribution < -0.4 is 9.47 Å². The Morgan fingerprint density at radius 1 is 1.09 bits per heavy atom. The number of nitrogens with zero attached hydrogens (tertiary/aromatic N) is 2. The highest BCUT2D eigenvalue weighted by molar-refractivity contribution is 7.90. The van der Waals surface area contributed by atoms with Crippen molar-refractivity contribution < 1.29 is 23.0 Å². The van der Waals surface area contributed by atoms with Crippen molar-refractivity contribution in [1.29, 1.82) is 0 Å². The number of nitrogens with one attached hydrogen (secondary N) is 1. The van der Waals surface area contributed by atoms with Crippen LogP contribution in [0.4, 0.5) is 0 Å². The standard InChI is InChI=1S/C22H20ClN3O5S/c1-13(12-27)30-17-7-14(21-25-20-9-15(23)11-24-22(20)26-21)8-18(10-17)31-16-3-5-19(6-4-16)32(2,28)29/h3-11,13,27H,12H2,1-2H3,(H,24,25,26)/t13-/m0/s1. The Morgan fingerprint density at radius 3 is 2.50 bits per heavy atom. The van der Waals surface area contributed by atoms with E-state index in [2.05, 4.69) is 15.0 Å². The number of hydrogen-bond acceptors (Lipinski definition) is 7. The molecule has 0 spiro atoms. The van der Waals surface area contributed by atoms with Gasteiger partial charge in [-0.3, -0.25) is 0 Å². The van der Waals surface area contributed by atoms with Gasteiger partial charge < -0.3 is 19.6 Å². The maximum atomic E-state index is 11.7. The minimum Gasteiger partial charge on any atom is -0.488 e. The van der Waals surface area contributed by atoms with Crippen LogP contribution >= 0.6 is 11.6 Å². The van der Waals surface area contributed by atoms with Crippen LogP contribution in [0.3, 0.4) is 0 Å². The highest BCUT2D eigenvalue weighted by Gasteiger charge is 2.13. The number of H-pyrrole nitrogens is 1. The summed E-state index contributed by atoms with van der Waals surface area (Å²) < 4.78 is 35.1. The van der Waals surface area contributed by atoms with Crippen molar-refractivity contribution in [2.75, 3.05) is 12.9 Å². The van der Waals surface area contributed by atoms with Gasteiger partial charge in [-0.25, -0.2) is 18.4 Å². The number of ether oxygens (including phenoxy) is 2. The molecule has 10 heteroatoms. The van der Waals surface area contributed by atoms with E-state index in [1.165, 1.54) is 18.3 Å². The van der Waals surface area contributed by atoms with Crippen molar-refractivity contribution in [2.24, 2.45) is 0 Å². The molecule has 0 bridgehead atoms. The Hall–Kier alpha value is -3.14. The first kappa shape index (κ1) is 22.1. The van der Waals surface area contributed by atoms with Crippen LogP contribution in [0.5, 0.6) is 17.2 Å². The summed E-state index contributed by atoms with van der Waals surface area (Å²) >= 11 is 6.01. The van der Waals surface area contributed by atoms with Gasteiger partial charge in [0.1, 0.15) is 34.7 Å². The van der Waals surface area contributed by atoms with Crippen molar-refractivity contribution in [3.05, 3.63) is 59.8 Å². The van der Waals surface area contributed by atoms with E-state index in [0.29, 0.717) is 44.8 Å². The fourth-order valence-corrected chi connectivity index (χ4v) is 3.79. The number of pyridine rings is 1. The van der Waals surface area contributed by atoms with Crippen molar-refractivity contribution in [3.63, 3.8) is 0 Å². The first-order valence-electron chi connectivity index (χ1n) is 9.63. The second kappa shape index (κ2) is 8.78. The van der Waals surface area contributed by atoms with Crippen LogP contribution in [0, 0.1) is 0 Å². The zero-order valence-electron chi connectivity index (χ0n) is 17.2. The molecular weight excluding hydrogens is 454 g/mol. The lowest BCUT2D eigenvalue weighted by Crippen LogP contribution is -2.16. The lowest BCUT2D eigenvalue weighted by Gasteiger charge is -2.15. The van der Waals surface area contributed by atoms with Gasteiger partial charge in [0.05, 0.1) is 16.5 Å². The fraction of sp³-hybridized carbons (Fsp3) is 0.182. The second-order valence-electron chi connectivity index (χ2n) is 7.26. The third-order valence-electron chi connectivity index (χ3n) is 4.54. The largest absolute Gasteiger partial charge is 0.488 e. The number of sulfone groups is 1. The number of aromatic amines is 1. The number of hydrogen-bond donors (Lipinski definition) is 2. The van der Waals surface area contributed by atoms with Crippen molar-refractivity contribution in [1.82, 2.24) is 15.0 Å². The fourth-order valence-electron chi connectivity index (χ4n) is 3.00. The SMILES string of the molecule is C[C@@H](CO)Oc1cc(Oc2ccc(S(C)(=O)=O)cc2)cc(-c2nc3cc(Cl)cnc3[nH]2)c1. The van der Waals surface area contributed by atoms with Crippen LogP contribution in [0.25, 0.3) is 22.6 Å². The molecule has 0 aliphatic rings. The molecule has 0 amide bonds. The van der Waals surface area contributed by atoms with E-state index in [9.17, 15) is 13.5 Å². The Labute approximate surface area is 189 Å². The van der Waals surface area contributed by atoms with E-state index >= 15 is 0 Å². The minimum atomic E-state index is -3.30. The topological polar surface area (TPSA) is 114 Å². The zero-order valence-corrected chi connectivity index (χ0v) is 18.8. The van der Waals surface area contributed by atoms with Gasteiger partial charge in [0.2, 0.25) is 0 Å². The predicted molar refractivity (Wildman–Crippen MR) is 121 cm³/mol. The maximum Gasteiger partial charge on any atom is 0.175 e. The monoisotopic (exact) mass is 473 g/mol. The number of imidazole rings is 1. The molecule has 2 aromatic heterocycles. The molecule has 32 heavy (non-hydrogen) atoms. The van der Waals surface area contributed by atoms with Gasteiger partial charge in [0.25, 0.3) is 0 Å². The molecule has 0 aliphatic heterocycles. The average Bonchev–Trinajstić information content (AvgIpc) is 3.16. The molecule has 4 aromatic rings. The van der Waals surface area contributed by atoms with Crippen LogP contribution in [0.1, 0.15) is 6.92 Å². The molecule has 0 saturated carbocycles. The summed E-state index contributed by atoms with van der Waals surface area (Å²) in [5.41, 5.74) is 1.86. The molecule has 166 valence electrons. The molecule has 1 atom stereocenters. The number of fused-ring (bicyclic) bond motifs is 1. The molecule has 0 fully saturated rings. The molecule has 0 radical (unpaired) electrons. The van der Waals surface area contributed by atoms with Gasteiger partial charge in [-0.1, -0.05) is 11.6 Å². The first-order chi connectivity index (χ1) is 15.2. The maximum absolute atomic E-state index is 11.7. The summed E-state index contributed by atoms with van der Waals surface area (Å²) in [5, 5.41) is 9.83. The summed E-state index contributed by atoms with van der Waals surface area (Å²) in [7, 11) is -3.30. The normalized spacial score (nSPS) is 12.6. The number of aliphatic hydroxyl groups is 1. The number of rotatable bonds is 7. The number of halogens is 1. The number of aliphatic hydroxyl groups excluding tert-OH is 1. The van der Waals surface area contributed by atoms with E-state index in [0.717, 1.165) is 6.26 Å². The third-order valence-corrected chi connectivity index (χ3v) is 5.87. The van der Waals surface area contributed by atoms with Crippen LogP contribution in [0.2, 0.25) is 5.02 Å². The van der Waals surface area contributed by atoms with E-state index < -0.39 is 15.9 Å². The highest BCUT2D eigenvalue weighted by atomic mass is 35.5. The quantitative estimate of drug-likeness (QED) is 0.412. The molecule has 0 saturated heterocycles. The van der Waals surface area contributed by atoms with Crippen LogP contribution in [-0.4, -0.2) is 47.4 Å². The van der Waals surface area contributed by atoms with Crippen molar-refractivity contribution >= 4 is 32.6 Å². The summed E-state index contributed by atoms with van der Waals surface area (Å²) in [6.07, 6.45) is 2.25. The lowest BCUT2D eigenvalue weighted by molar-refractivity contribution is 0.129. The molecule has 0 aliphatic carbocycles. The van der Waals surface area contributed by atoms with Crippen molar-refractivity contribution in [2.45, 2.75) is 17.9 Å². The molecule has 2 aromatic carbocycles. The molecule has 4 rings (SSSR count). The second-order valence-corrected chi connectivity index (χ2v) is 9.71. The van der Waals surface area contributed by atoms with Gasteiger partial charge in [-0.15, -0.1) is 0 Å². The molecule has 2 N–H and O–H groups in total. The van der Waals surface area contributed by atoms with Gasteiger partial charge in [0.15, 0.2) is 15.5 Å². The predicted octanol–water partition coefficient (Wildman–Crippen LogP) is 4.23. The van der Waals surface area contributed by atoms with Crippen LogP contribution in [0.15, 0.2) is 59.6 Å². The number of benzene rings is 2.